The van der Waals surface area contributed by atoms with Crippen molar-refractivity contribution < 1.29 is 9.90 Å². The van der Waals surface area contributed by atoms with Gasteiger partial charge in [-0.3, -0.25) is 0 Å². The lowest BCUT2D eigenvalue weighted by molar-refractivity contribution is -0.254. The summed E-state index contributed by atoms with van der Waals surface area (Å²) >= 11 is 0. The zero-order valence-corrected chi connectivity index (χ0v) is 12.4. The molecule has 2 aliphatic rings. The summed E-state index contributed by atoms with van der Waals surface area (Å²) in [6.45, 7) is 6.78. The molecule has 20 heavy (non-hydrogen) atoms. The Morgan fingerprint density at radius 2 is 2.10 bits per heavy atom. The molecular formula is C17H22NO2-. The maximum Gasteiger partial charge on any atom is 0.0736 e. The van der Waals surface area contributed by atoms with E-state index in [1.54, 1.807) is 6.07 Å². The third kappa shape index (κ3) is 1.91. The van der Waals surface area contributed by atoms with Crippen LogP contribution in [-0.2, 0) is 5.41 Å². The Morgan fingerprint density at radius 1 is 1.35 bits per heavy atom. The molecule has 0 saturated heterocycles. The Morgan fingerprint density at radius 3 is 2.80 bits per heavy atom. The average Bonchev–Trinajstić information content (AvgIpc) is 2.37. The lowest BCUT2D eigenvalue weighted by atomic mass is 9.61. The van der Waals surface area contributed by atoms with Gasteiger partial charge < -0.3 is 15.2 Å². The fraction of sp³-hybridized carbons (Fsp3) is 0.588. The predicted molar refractivity (Wildman–Crippen MR) is 77.7 cm³/mol. The molecule has 1 saturated carbocycles. The summed E-state index contributed by atoms with van der Waals surface area (Å²) in [7, 11) is 0. The molecule has 0 aromatic heterocycles. The molecule has 1 heterocycles. The second-order valence-electron chi connectivity index (χ2n) is 7.01. The molecular weight excluding hydrogens is 250 g/mol. The first kappa shape index (κ1) is 13.5. The van der Waals surface area contributed by atoms with Crippen molar-refractivity contribution in [1.29, 1.82) is 0 Å². The van der Waals surface area contributed by atoms with Crippen LogP contribution >= 0.6 is 0 Å². The quantitative estimate of drug-likeness (QED) is 0.855. The van der Waals surface area contributed by atoms with Crippen molar-refractivity contribution in [2.75, 3.05) is 5.32 Å². The van der Waals surface area contributed by atoms with Crippen LogP contribution in [-0.4, -0.2) is 12.0 Å². The van der Waals surface area contributed by atoms with Crippen LogP contribution < -0.4 is 10.4 Å². The standard InChI is InChI=1S/C17H23NO2/c1-10-7-8-12-14(9-10)18-15-11(16(19)20)5-4-6-13(15)17(12,2)3/h4-6,10,12,14,18H,7-9H2,1-3H3,(H,19,20)/p-1/t10-,12+,14+/m0/s1. The molecule has 1 aliphatic heterocycles. The molecule has 0 bridgehead atoms. The maximum atomic E-state index is 11.4. The number of carbonyl (C=O) groups excluding carboxylic acids is 1. The van der Waals surface area contributed by atoms with Gasteiger partial charge in [-0.1, -0.05) is 45.4 Å². The van der Waals surface area contributed by atoms with Crippen molar-refractivity contribution >= 4 is 11.7 Å². The Balaban J connectivity index is 2.11. The third-order valence-electron chi connectivity index (χ3n) is 5.35. The molecule has 108 valence electrons. The third-order valence-corrected chi connectivity index (χ3v) is 5.35. The van der Waals surface area contributed by atoms with Gasteiger partial charge in [0.2, 0.25) is 0 Å². The minimum absolute atomic E-state index is 0.0108. The summed E-state index contributed by atoms with van der Waals surface area (Å²) < 4.78 is 0. The molecule has 0 unspecified atom stereocenters. The number of rotatable bonds is 1. The smallest absolute Gasteiger partial charge is 0.0736 e. The van der Waals surface area contributed by atoms with Gasteiger partial charge in [-0.05, 0) is 35.7 Å². The second-order valence-corrected chi connectivity index (χ2v) is 7.01. The van der Waals surface area contributed by atoms with Crippen molar-refractivity contribution in [2.45, 2.75) is 51.5 Å². The molecule has 3 heteroatoms. The zero-order chi connectivity index (χ0) is 14.5. The highest BCUT2D eigenvalue weighted by Gasteiger charge is 2.44. The summed E-state index contributed by atoms with van der Waals surface area (Å²) in [5, 5.41) is 14.9. The van der Waals surface area contributed by atoms with E-state index >= 15 is 0 Å². The number of carboxylic acids is 1. The molecule has 3 nitrogen and oxygen atoms in total. The fourth-order valence-electron chi connectivity index (χ4n) is 4.20. The summed E-state index contributed by atoms with van der Waals surface area (Å²) in [6.07, 6.45) is 3.59. The summed E-state index contributed by atoms with van der Waals surface area (Å²) in [4.78, 5) is 11.4. The molecule has 1 aliphatic carbocycles. The summed E-state index contributed by atoms with van der Waals surface area (Å²) in [5.41, 5.74) is 2.21. The van der Waals surface area contributed by atoms with E-state index in [-0.39, 0.29) is 5.41 Å². The van der Waals surface area contributed by atoms with Crippen molar-refractivity contribution in [2.24, 2.45) is 11.8 Å². The first-order valence-electron chi connectivity index (χ1n) is 7.52. The first-order chi connectivity index (χ1) is 9.41. The van der Waals surface area contributed by atoms with Crippen LogP contribution in [0.4, 0.5) is 5.69 Å². The Bertz CT molecular complexity index is 550. The van der Waals surface area contributed by atoms with Gasteiger partial charge in [0.05, 0.1) is 5.97 Å². The molecule has 0 spiro atoms. The predicted octanol–water partition coefficient (Wildman–Crippen LogP) is 2.56. The zero-order valence-electron chi connectivity index (χ0n) is 12.4. The van der Waals surface area contributed by atoms with Gasteiger partial charge in [0, 0.05) is 17.3 Å². The van der Waals surface area contributed by atoms with Crippen LogP contribution in [0.2, 0.25) is 0 Å². The van der Waals surface area contributed by atoms with Crippen LogP contribution in [0.1, 0.15) is 56.0 Å². The van der Waals surface area contributed by atoms with Crippen molar-refractivity contribution in [3.63, 3.8) is 0 Å². The molecule has 1 N–H and O–H groups in total. The normalized spacial score (nSPS) is 30.9. The molecule has 0 radical (unpaired) electrons. The molecule has 3 atom stereocenters. The number of nitrogens with one attached hydrogen (secondary N) is 1. The first-order valence-corrected chi connectivity index (χ1v) is 7.52. The van der Waals surface area contributed by atoms with E-state index in [0.29, 0.717) is 23.4 Å². The van der Waals surface area contributed by atoms with E-state index in [1.165, 1.54) is 12.8 Å². The highest BCUT2D eigenvalue weighted by Crippen LogP contribution is 2.49. The van der Waals surface area contributed by atoms with Crippen molar-refractivity contribution in [1.82, 2.24) is 0 Å². The van der Waals surface area contributed by atoms with Crippen molar-refractivity contribution in [3.05, 3.63) is 29.3 Å². The van der Waals surface area contributed by atoms with Gasteiger partial charge in [0.15, 0.2) is 0 Å². The Kier molecular flexibility index (Phi) is 3.03. The highest BCUT2D eigenvalue weighted by atomic mass is 16.4. The summed E-state index contributed by atoms with van der Waals surface area (Å²) in [5.74, 6) is 0.187. The van der Waals surface area contributed by atoms with Gasteiger partial charge in [0.25, 0.3) is 0 Å². The second kappa shape index (κ2) is 4.51. The number of carbonyl (C=O) groups is 1. The number of benzene rings is 1. The van der Waals surface area contributed by atoms with E-state index < -0.39 is 5.97 Å². The van der Waals surface area contributed by atoms with E-state index in [4.69, 9.17) is 0 Å². The molecule has 1 aromatic rings. The number of anilines is 1. The van der Waals surface area contributed by atoms with E-state index in [0.717, 1.165) is 17.7 Å². The lowest BCUT2D eigenvalue weighted by Crippen LogP contribution is -2.49. The number of hydrogen-bond acceptors (Lipinski definition) is 3. The van der Waals surface area contributed by atoms with Crippen molar-refractivity contribution in [3.8, 4) is 0 Å². The fourth-order valence-corrected chi connectivity index (χ4v) is 4.20. The molecule has 1 aromatic carbocycles. The molecule has 0 amide bonds. The Labute approximate surface area is 120 Å². The molecule has 1 fully saturated rings. The van der Waals surface area contributed by atoms with Crippen LogP contribution in [0.3, 0.4) is 0 Å². The minimum Gasteiger partial charge on any atom is -0.545 e. The SMILES string of the molecule is C[C@H]1CC[C@@H]2[C@@H](C1)Nc1c(C(=O)[O-])cccc1C2(C)C. The number of hydrogen-bond donors (Lipinski definition) is 1. The van der Waals surface area contributed by atoms with Gasteiger partial charge in [-0.25, -0.2) is 0 Å². The number of aromatic carboxylic acids is 1. The van der Waals surface area contributed by atoms with Gasteiger partial charge in [0.1, 0.15) is 0 Å². The topological polar surface area (TPSA) is 52.2 Å². The van der Waals surface area contributed by atoms with Crippen LogP contribution in [0.5, 0.6) is 0 Å². The van der Waals surface area contributed by atoms with E-state index in [1.807, 2.05) is 6.07 Å². The van der Waals surface area contributed by atoms with Gasteiger partial charge in [-0.2, -0.15) is 0 Å². The van der Waals surface area contributed by atoms with E-state index in [2.05, 4.69) is 32.2 Å². The number of fused-ring (bicyclic) bond motifs is 2. The average molecular weight is 272 g/mol. The van der Waals surface area contributed by atoms with Crippen LogP contribution in [0, 0.1) is 11.8 Å². The monoisotopic (exact) mass is 272 g/mol. The van der Waals surface area contributed by atoms with Gasteiger partial charge >= 0.3 is 0 Å². The highest BCUT2D eigenvalue weighted by molar-refractivity contribution is 5.94. The number of para-hydroxylation sites is 1. The summed E-state index contributed by atoms with van der Waals surface area (Å²) in [6, 6.07) is 5.91. The lowest BCUT2D eigenvalue weighted by Gasteiger charge is -2.50. The Hall–Kier alpha value is -1.51. The number of carboxylic acid groups (broad SMARTS) is 1. The molecule has 3 rings (SSSR count). The van der Waals surface area contributed by atoms with Crippen LogP contribution in [0.15, 0.2) is 18.2 Å². The van der Waals surface area contributed by atoms with E-state index in [9.17, 15) is 9.90 Å². The minimum atomic E-state index is -1.09. The maximum absolute atomic E-state index is 11.4. The largest absolute Gasteiger partial charge is 0.545 e. The van der Waals surface area contributed by atoms with Crippen LogP contribution in [0.25, 0.3) is 0 Å². The van der Waals surface area contributed by atoms with Gasteiger partial charge in [-0.15, -0.1) is 0 Å².